The van der Waals surface area contributed by atoms with Crippen molar-refractivity contribution in [1.82, 2.24) is 10.3 Å². The van der Waals surface area contributed by atoms with Crippen molar-refractivity contribution in [3.05, 3.63) is 65.2 Å². The van der Waals surface area contributed by atoms with E-state index >= 15 is 0 Å². The Balaban J connectivity index is 1.67. The second kappa shape index (κ2) is 13.6. The minimum absolute atomic E-state index is 0.143. The van der Waals surface area contributed by atoms with Crippen molar-refractivity contribution >= 4 is 35.5 Å². The van der Waals surface area contributed by atoms with E-state index in [4.69, 9.17) is 10.6 Å². The van der Waals surface area contributed by atoms with Gasteiger partial charge in [-0.25, -0.2) is 9.80 Å². The average molecular weight is 591 g/mol. The minimum atomic E-state index is -2.15. The molecule has 3 atom stereocenters. The number of hydrogen-bond donors (Lipinski definition) is 3. The molecule has 43 heavy (non-hydrogen) atoms. The highest BCUT2D eigenvalue weighted by molar-refractivity contribution is 6.17. The number of benzene rings is 2. The first-order valence-electron chi connectivity index (χ1n) is 14.9. The summed E-state index contributed by atoms with van der Waals surface area (Å²) in [6.45, 7) is 4.91. The number of fused-ring (bicyclic) bond motifs is 1. The third-order valence-corrected chi connectivity index (χ3v) is 8.13. The molecule has 0 radical (unpaired) electrons. The first kappa shape index (κ1) is 32.0. The molecule has 0 aromatic heterocycles. The molecule has 0 spiro atoms. The molecule has 1 aliphatic carbocycles. The molecule has 10 heteroatoms. The quantitative estimate of drug-likeness (QED) is 0.193. The number of anilines is 1. The van der Waals surface area contributed by atoms with E-state index in [-0.39, 0.29) is 31.6 Å². The topological polar surface area (TPSA) is 148 Å². The lowest BCUT2D eigenvalue weighted by molar-refractivity contribution is -0.142. The van der Waals surface area contributed by atoms with E-state index in [1.165, 1.54) is 5.56 Å². The van der Waals surface area contributed by atoms with Crippen LogP contribution in [0.3, 0.4) is 0 Å². The molecule has 4 N–H and O–H groups in total. The van der Waals surface area contributed by atoms with Gasteiger partial charge in [-0.1, -0.05) is 36.4 Å². The Bertz CT molecular complexity index is 1350. The maximum absolute atomic E-state index is 14.3. The lowest BCUT2D eigenvalue weighted by Gasteiger charge is -2.38. The van der Waals surface area contributed by atoms with Crippen LogP contribution in [0.5, 0.6) is 0 Å². The number of alkyl carbamates (subject to hydrolysis) is 1. The zero-order valence-corrected chi connectivity index (χ0v) is 25.2. The van der Waals surface area contributed by atoms with Crippen LogP contribution in [-0.2, 0) is 43.2 Å². The molecule has 2 aliphatic rings. The normalized spacial score (nSPS) is 21.6. The van der Waals surface area contributed by atoms with Gasteiger partial charge in [-0.2, -0.15) is 0 Å². The monoisotopic (exact) mass is 590 g/mol. The Labute approximate surface area is 252 Å². The first-order chi connectivity index (χ1) is 20.5. The van der Waals surface area contributed by atoms with Crippen LogP contribution in [0.2, 0.25) is 0 Å². The van der Waals surface area contributed by atoms with Gasteiger partial charge >= 0.3 is 6.09 Å². The van der Waals surface area contributed by atoms with E-state index in [0.29, 0.717) is 24.8 Å². The molecule has 10 nitrogen and oxygen atoms in total. The molecule has 230 valence electrons. The van der Waals surface area contributed by atoms with Crippen molar-refractivity contribution in [2.45, 2.75) is 89.3 Å². The molecule has 2 aromatic carbocycles. The highest BCUT2D eigenvalue weighted by atomic mass is 16.6. The third kappa shape index (κ3) is 7.37. The van der Waals surface area contributed by atoms with Crippen molar-refractivity contribution in [2.75, 3.05) is 11.9 Å². The number of nitrogens with one attached hydrogen (secondary N) is 2. The molecular weight excluding hydrogens is 548 g/mol. The van der Waals surface area contributed by atoms with E-state index in [1.807, 2.05) is 42.5 Å². The summed E-state index contributed by atoms with van der Waals surface area (Å²) in [4.78, 5) is 66.3. The summed E-state index contributed by atoms with van der Waals surface area (Å²) in [7, 11) is 0. The second-order valence-electron chi connectivity index (χ2n) is 12.4. The summed E-state index contributed by atoms with van der Waals surface area (Å²) in [5.74, 6) is 3.85. The fraction of sp³-hybridized carbons (Fsp3) is 0.485. The molecule has 0 bridgehead atoms. The zero-order chi connectivity index (χ0) is 31.2. The highest BCUT2D eigenvalue weighted by Gasteiger charge is 2.64. The SMILES string of the molecule is CC(C)(C)OC(=O)N[C@H]1[C@H](C(=O)CCCc2ccccc2)CN(N)[C@]1(C(=O)CCC=O)C(=O)Nc1ccc2c(c1)CCC2. The Kier molecular flexibility index (Phi) is 10.1. The van der Waals surface area contributed by atoms with Gasteiger partial charge in [0.2, 0.25) is 0 Å². The number of ether oxygens (including phenoxy) is 1. The summed E-state index contributed by atoms with van der Waals surface area (Å²) >= 11 is 0. The van der Waals surface area contributed by atoms with Crippen molar-refractivity contribution in [1.29, 1.82) is 0 Å². The number of nitrogens with two attached hydrogens (primary N) is 1. The predicted molar refractivity (Wildman–Crippen MR) is 162 cm³/mol. The molecule has 1 fully saturated rings. The van der Waals surface area contributed by atoms with Gasteiger partial charge in [0.05, 0.1) is 12.0 Å². The number of amides is 2. The molecule has 4 rings (SSSR count). The van der Waals surface area contributed by atoms with Crippen LogP contribution in [0.25, 0.3) is 0 Å². The summed E-state index contributed by atoms with van der Waals surface area (Å²) < 4.78 is 5.48. The number of Topliss-reactive ketones (excluding diaryl/α,β-unsaturated/α-hetero) is 2. The van der Waals surface area contributed by atoms with Gasteiger partial charge in [0.15, 0.2) is 11.3 Å². The van der Waals surface area contributed by atoms with E-state index in [0.717, 1.165) is 35.4 Å². The largest absolute Gasteiger partial charge is 0.444 e. The van der Waals surface area contributed by atoms with E-state index in [9.17, 15) is 24.0 Å². The number of carbonyl (C=O) groups excluding carboxylic acids is 5. The third-order valence-electron chi connectivity index (χ3n) is 8.13. The Hall–Kier alpha value is -3.89. The van der Waals surface area contributed by atoms with Gasteiger partial charge in [0.1, 0.15) is 17.7 Å². The molecule has 0 saturated carbocycles. The molecule has 2 amide bonds. The Morgan fingerprint density at radius 3 is 2.47 bits per heavy atom. The number of rotatable bonds is 12. The van der Waals surface area contributed by atoms with Crippen molar-refractivity contribution in [3.63, 3.8) is 0 Å². The Morgan fingerprint density at radius 1 is 1.05 bits per heavy atom. The minimum Gasteiger partial charge on any atom is -0.444 e. The van der Waals surface area contributed by atoms with Crippen LogP contribution in [0.15, 0.2) is 48.5 Å². The van der Waals surface area contributed by atoms with Gasteiger partial charge in [0, 0.05) is 31.5 Å². The predicted octanol–water partition coefficient (Wildman–Crippen LogP) is 3.69. The summed E-state index contributed by atoms with van der Waals surface area (Å²) in [5, 5.41) is 6.59. The van der Waals surface area contributed by atoms with Crippen molar-refractivity contribution in [2.24, 2.45) is 11.8 Å². The van der Waals surface area contributed by atoms with Crippen LogP contribution in [0, 0.1) is 5.92 Å². The number of hydrogen-bond acceptors (Lipinski definition) is 8. The van der Waals surface area contributed by atoms with Gasteiger partial charge in [0.25, 0.3) is 5.91 Å². The van der Waals surface area contributed by atoms with E-state index in [1.54, 1.807) is 26.8 Å². The maximum Gasteiger partial charge on any atom is 0.407 e. The molecule has 1 heterocycles. The fourth-order valence-electron chi connectivity index (χ4n) is 6.14. The van der Waals surface area contributed by atoms with Crippen LogP contribution in [0.1, 0.15) is 69.6 Å². The van der Waals surface area contributed by atoms with Gasteiger partial charge < -0.3 is 20.2 Å². The number of nitrogens with zero attached hydrogens (tertiary/aromatic N) is 1. The summed E-state index contributed by atoms with van der Waals surface area (Å²) in [5.41, 5.74) is 0.857. The van der Waals surface area contributed by atoms with Crippen LogP contribution < -0.4 is 16.5 Å². The fourth-order valence-corrected chi connectivity index (χ4v) is 6.14. The average Bonchev–Trinajstić information content (AvgIpc) is 3.53. The number of aldehydes is 1. The lowest BCUT2D eigenvalue weighted by atomic mass is 9.78. The van der Waals surface area contributed by atoms with Crippen LogP contribution in [0.4, 0.5) is 10.5 Å². The maximum atomic E-state index is 14.3. The highest BCUT2D eigenvalue weighted by Crippen LogP contribution is 2.37. The second-order valence-corrected chi connectivity index (χ2v) is 12.4. The van der Waals surface area contributed by atoms with Crippen LogP contribution in [-0.4, -0.2) is 58.6 Å². The van der Waals surface area contributed by atoms with Gasteiger partial charge in [-0.3, -0.25) is 20.2 Å². The van der Waals surface area contributed by atoms with Gasteiger partial charge in [-0.15, -0.1) is 0 Å². The molecule has 0 unspecified atom stereocenters. The molecular formula is C33H42N4O6. The van der Waals surface area contributed by atoms with Crippen molar-refractivity contribution < 1.29 is 28.7 Å². The summed E-state index contributed by atoms with van der Waals surface area (Å²) in [6.07, 6.45) is 3.49. The van der Waals surface area contributed by atoms with E-state index in [2.05, 4.69) is 10.6 Å². The first-order valence-corrected chi connectivity index (χ1v) is 14.9. The number of carbonyl (C=O) groups is 5. The Morgan fingerprint density at radius 2 is 1.77 bits per heavy atom. The standard InChI is InChI=1S/C33H42N4O6/c1-32(2,3)43-31(42)36-29-26(27(39)15-7-12-22-10-5-4-6-11-22)21-37(34)33(29,28(40)16-9-19-38)30(41)35-25-18-17-23-13-8-14-24(23)20-25/h4-6,10-11,17-20,26,29H,7-9,12-16,21,34H2,1-3H3,(H,35,41)(H,36,42)/t26-,29-,33-/m0/s1. The van der Waals surface area contributed by atoms with Crippen LogP contribution >= 0.6 is 0 Å². The number of ketones is 2. The number of aryl methyl sites for hydroxylation is 3. The molecule has 1 aliphatic heterocycles. The van der Waals surface area contributed by atoms with E-state index < -0.39 is 40.9 Å². The van der Waals surface area contributed by atoms with Gasteiger partial charge in [-0.05, 0) is 81.7 Å². The zero-order valence-electron chi connectivity index (χ0n) is 25.2. The lowest BCUT2D eigenvalue weighted by Crippen LogP contribution is -2.70. The summed E-state index contributed by atoms with van der Waals surface area (Å²) in [6, 6.07) is 14.0. The molecule has 2 aromatic rings. The molecule has 1 saturated heterocycles. The number of hydrazine groups is 1. The smallest absolute Gasteiger partial charge is 0.407 e. The van der Waals surface area contributed by atoms with Crippen molar-refractivity contribution in [3.8, 4) is 0 Å².